The summed E-state index contributed by atoms with van der Waals surface area (Å²) in [6.45, 7) is 5.00. The van der Waals surface area contributed by atoms with Crippen molar-refractivity contribution in [3.05, 3.63) is 71.6 Å². The van der Waals surface area contributed by atoms with Gasteiger partial charge in [-0.15, -0.1) is 0 Å². The standard InChI is InChI=1S/C24H25N3O3/c1-15-6-7-18(11-16(15)2)27-14-24-9-8-19(30-24)20(21(24)23(27)29)22(28)26(3)13-17-5-4-10-25-12-17/h4-12,19-21H,13-14H2,1-3H3/t19-,20-,21-,24-/m0/s1. The summed E-state index contributed by atoms with van der Waals surface area (Å²) in [4.78, 5) is 34.5. The molecule has 154 valence electrons. The maximum absolute atomic E-state index is 13.5. The van der Waals surface area contributed by atoms with Crippen molar-refractivity contribution in [3.63, 3.8) is 0 Å². The largest absolute Gasteiger partial charge is 0.360 e. The minimum Gasteiger partial charge on any atom is -0.360 e. The molecule has 0 unspecified atom stereocenters. The smallest absolute Gasteiger partial charge is 0.234 e. The van der Waals surface area contributed by atoms with Crippen LogP contribution in [-0.4, -0.2) is 47.0 Å². The van der Waals surface area contributed by atoms with Gasteiger partial charge in [-0.2, -0.15) is 0 Å². The number of hydrogen-bond donors (Lipinski definition) is 0. The second kappa shape index (κ2) is 6.77. The number of aryl methyl sites for hydroxylation is 2. The van der Waals surface area contributed by atoms with Crippen molar-refractivity contribution in [2.75, 3.05) is 18.5 Å². The molecule has 2 saturated heterocycles. The van der Waals surface area contributed by atoms with E-state index in [1.54, 1.807) is 29.2 Å². The van der Waals surface area contributed by atoms with Gasteiger partial charge in [-0.3, -0.25) is 14.6 Å². The Balaban J connectivity index is 1.42. The van der Waals surface area contributed by atoms with E-state index >= 15 is 0 Å². The number of ether oxygens (including phenoxy) is 1. The number of fused-ring (bicyclic) bond motifs is 1. The molecule has 6 nitrogen and oxygen atoms in total. The predicted molar refractivity (Wildman–Crippen MR) is 113 cm³/mol. The number of pyridine rings is 1. The predicted octanol–water partition coefficient (Wildman–Crippen LogP) is 2.64. The highest BCUT2D eigenvalue weighted by atomic mass is 16.5. The van der Waals surface area contributed by atoms with E-state index in [2.05, 4.69) is 11.9 Å². The van der Waals surface area contributed by atoms with Gasteiger partial charge in [0, 0.05) is 31.7 Å². The number of rotatable bonds is 4. The zero-order valence-corrected chi connectivity index (χ0v) is 17.4. The first kappa shape index (κ1) is 19.0. The Bertz CT molecular complexity index is 1050. The van der Waals surface area contributed by atoms with Gasteiger partial charge in [0.1, 0.15) is 5.60 Å². The molecule has 3 aliphatic rings. The van der Waals surface area contributed by atoms with Crippen molar-refractivity contribution in [3.8, 4) is 0 Å². The molecule has 5 rings (SSSR count). The van der Waals surface area contributed by atoms with E-state index in [1.165, 1.54) is 5.56 Å². The lowest BCUT2D eigenvalue weighted by Gasteiger charge is -2.27. The fourth-order valence-corrected chi connectivity index (χ4v) is 4.99. The van der Waals surface area contributed by atoms with Gasteiger partial charge in [0.15, 0.2) is 0 Å². The number of carbonyl (C=O) groups excluding carboxylic acids is 2. The molecule has 4 heterocycles. The molecule has 0 radical (unpaired) electrons. The highest BCUT2D eigenvalue weighted by Crippen LogP contribution is 2.53. The van der Waals surface area contributed by atoms with Crippen molar-refractivity contribution < 1.29 is 14.3 Å². The molecule has 0 N–H and O–H groups in total. The number of nitrogens with zero attached hydrogens (tertiary/aromatic N) is 3. The van der Waals surface area contributed by atoms with Crippen LogP contribution in [0.3, 0.4) is 0 Å². The number of carbonyl (C=O) groups is 2. The molecule has 6 heteroatoms. The van der Waals surface area contributed by atoms with Gasteiger partial charge >= 0.3 is 0 Å². The maximum Gasteiger partial charge on any atom is 0.234 e. The Hall–Kier alpha value is -2.99. The van der Waals surface area contributed by atoms with Crippen LogP contribution in [0.4, 0.5) is 5.69 Å². The fraction of sp³-hybridized carbons (Fsp3) is 0.375. The lowest BCUT2D eigenvalue weighted by Crippen LogP contribution is -2.44. The normalized spacial score (nSPS) is 28.8. The first-order chi connectivity index (χ1) is 14.4. The van der Waals surface area contributed by atoms with Gasteiger partial charge in [-0.05, 0) is 48.7 Å². The van der Waals surface area contributed by atoms with Crippen molar-refractivity contribution in [2.24, 2.45) is 11.8 Å². The van der Waals surface area contributed by atoms with Crippen LogP contribution in [0.25, 0.3) is 0 Å². The summed E-state index contributed by atoms with van der Waals surface area (Å²) in [5.41, 5.74) is 3.43. The average molecular weight is 403 g/mol. The molecular weight excluding hydrogens is 378 g/mol. The van der Waals surface area contributed by atoms with E-state index in [9.17, 15) is 9.59 Å². The van der Waals surface area contributed by atoms with E-state index in [1.807, 2.05) is 49.4 Å². The van der Waals surface area contributed by atoms with Gasteiger partial charge in [-0.25, -0.2) is 0 Å². The number of anilines is 1. The van der Waals surface area contributed by atoms with E-state index in [-0.39, 0.29) is 17.9 Å². The molecule has 2 bridgehead atoms. The van der Waals surface area contributed by atoms with Crippen LogP contribution in [0.5, 0.6) is 0 Å². The second-order valence-corrected chi connectivity index (χ2v) is 8.65. The lowest BCUT2D eigenvalue weighted by atomic mass is 9.76. The highest BCUT2D eigenvalue weighted by molar-refractivity contribution is 6.03. The Labute approximate surface area is 176 Å². The third-order valence-electron chi connectivity index (χ3n) is 6.71. The van der Waals surface area contributed by atoms with Crippen LogP contribution in [0.1, 0.15) is 16.7 Å². The third-order valence-corrected chi connectivity index (χ3v) is 6.71. The average Bonchev–Trinajstić information content (AvgIpc) is 3.38. The summed E-state index contributed by atoms with van der Waals surface area (Å²) in [6.07, 6.45) is 7.07. The molecule has 1 aromatic carbocycles. The summed E-state index contributed by atoms with van der Waals surface area (Å²) in [5, 5.41) is 0. The van der Waals surface area contributed by atoms with Crippen LogP contribution in [0.2, 0.25) is 0 Å². The Kier molecular flexibility index (Phi) is 4.29. The van der Waals surface area contributed by atoms with Gasteiger partial charge in [0.2, 0.25) is 11.8 Å². The summed E-state index contributed by atoms with van der Waals surface area (Å²) in [6, 6.07) is 9.83. The third kappa shape index (κ3) is 2.78. The molecule has 4 atom stereocenters. The number of aromatic nitrogens is 1. The van der Waals surface area contributed by atoms with Gasteiger partial charge in [-0.1, -0.05) is 24.3 Å². The molecule has 30 heavy (non-hydrogen) atoms. The quantitative estimate of drug-likeness (QED) is 0.737. The minimum absolute atomic E-state index is 0.0294. The van der Waals surface area contributed by atoms with E-state index in [0.717, 1.165) is 16.8 Å². The van der Waals surface area contributed by atoms with E-state index in [4.69, 9.17) is 4.74 Å². The molecule has 1 aromatic heterocycles. The Morgan fingerprint density at radius 2 is 2.13 bits per heavy atom. The molecular formula is C24H25N3O3. The summed E-state index contributed by atoms with van der Waals surface area (Å²) in [7, 11) is 1.78. The first-order valence-corrected chi connectivity index (χ1v) is 10.3. The summed E-state index contributed by atoms with van der Waals surface area (Å²) < 4.78 is 6.26. The monoisotopic (exact) mass is 403 g/mol. The maximum atomic E-state index is 13.5. The minimum atomic E-state index is -0.712. The van der Waals surface area contributed by atoms with Crippen LogP contribution in [-0.2, 0) is 20.9 Å². The molecule has 0 saturated carbocycles. The molecule has 2 amide bonds. The van der Waals surface area contributed by atoms with Crippen LogP contribution < -0.4 is 4.90 Å². The zero-order chi connectivity index (χ0) is 21.0. The van der Waals surface area contributed by atoms with E-state index in [0.29, 0.717) is 13.1 Å². The number of amides is 2. The van der Waals surface area contributed by atoms with Crippen LogP contribution in [0, 0.1) is 25.7 Å². The van der Waals surface area contributed by atoms with Crippen LogP contribution >= 0.6 is 0 Å². The molecule has 1 spiro atoms. The number of hydrogen-bond acceptors (Lipinski definition) is 4. The molecule has 2 aromatic rings. The summed E-state index contributed by atoms with van der Waals surface area (Å²) >= 11 is 0. The van der Waals surface area contributed by atoms with Crippen molar-refractivity contribution in [1.29, 1.82) is 0 Å². The lowest BCUT2D eigenvalue weighted by molar-refractivity contribution is -0.139. The van der Waals surface area contributed by atoms with E-state index < -0.39 is 17.4 Å². The molecule has 2 fully saturated rings. The zero-order valence-electron chi connectivity index (χ0n) is 17.4. The molecule has 0 aliphatic carbocycles. The van der Waals surface area contributed by atoms with Gasteiger partial charge < -0.3 is 14.5 Å². The first-order valence-electron chi connectivity index (χ1n) is 10.3. The van der Waals surface area contributed by atoms with Crippen LogP contribution in [0.15, 0.2) is 54.9 Å². The fourth-order valence-electron chi connectivity index (χ4n) is 4.99. The molecule has 3 aliphatic heterocycles. The SMILES string of the molecule is Cc1ccc(N2C[C@]34C=C[C@H](O3)[C@H](C(=O)N(C)Cc3cccnc3)[C@H]4C2=O)cc1C. The van der Waals surface area contributed by atoms with Gasteiger partial charge in [0.25, 0.3) is 0 Å². The van der Waals surface area contributed by atoms with Crippen molar-refractivity contribution in [1.82, 2.24) is 9.88 Å². The van der Waals surface area contributed by atoms with Gasteiger partial charge in [0.05, 0.1) is 24.5 Å². The highest BCUT2D eigenvalue weighted by Gasteiger charge is 2.67. The Morgan fingerprint density at radius 1 is 1.30 bits per heavy atom. The second-order valence-electron chi connectivity index (χ2n) is 8.65. The number of benzene rings is 1. The topological polar surface area (TPSA) is 62.7 Å². The van der Waals surface area contributed by atoms with Crippen molar-refractivity contribution >= 4 is 17.5 Å². The summed E-state index contributed by atoms with van der Waals surface area (Å²) in [5.74, 6) is -1.08. The van der Waals surface area contributed by atoms with Crippen molar-refractivity contribution in [2.45, 2.75) is 32.1 Å². The Morgan fingerprint density at radius 3 is 2.87 bits per heavy atom.